The number of hydrogen-bond acceptors (Lipinski definition) is 3. The highest BCUT2D eigenvalue weighted by molar-refractivity contribution is 9.10. The summed E-state index contributed by atoms with van der Waals surface area (Å²) >= 11 is 3.43. The van der Waals surface area contributed by atoms with Crippen LogP contribution in [0.3, 0.4) is 0 Å². The zero-order chi connectivity index (χ0) is 11.8. The van der Waals surface area contributed by atoms with Gasteiger partial charge >= 0.3 is 0 Å². The minimum atomic E-state index is -0.277. The Morgan fingerprint density at radius 3 is 3.06 bits per heavy atom. The van der Waals surface area contributed by atoms with Gasteiger partial charge in [0.05, 0.1) is 0 Å². The molecule has 2 aliphatic rings. The monoisotopic (exact) mass is 301 g/mol. The highest BCUT2D eigenvalue weighted by atomic mass is 79.9. The molecule has 0 radical (unpaired) electrons. The molecule has 2 aliphatic heterocycles. The van der Waals surface area contributed by atoms with Crippen LogP contribution in [-0.2, 0) is 0 Å². The SMILES string of the molecule is Fc1c2c(cc(Br)c1C1CCCNC1)OCO2. The van der Waals surface area contributed by atoms with E-state index in [0.717, 1.165) is 30.4 Å². The number of fused-ring (bicyclic) bond motifs is 1. The van der Waals surface area contributed by atoms with Gasteiger partial charge in [0.1, 0.15) is 0 Å². The summed E-state index contributed by atoms with van der Waals surface area (Å²) in [4.78, 5) is 0. The van der Waals surface area contributed by atoms with E-state index in [1.165, 1.54) is 0 Å². The molecule has 1 N–H and O–H groups in total. The third kappa shape index (κ3) is 1.91. The molecule has 3 rings (SSSR count). The van der Waals surface area contributed by atoms with Crippen LogP contribution in [0, 0.1) is 5.82 Å². The second kappa shape index (κ2) is 4.46. The van der Waals surface area contributed by atoms with Crippen LogP contribution in [0.25, 0.3) is 0 Å². The molecule has 0 aliphatic carbocycles. The lowest BCUT2D eigenvalue weighted by Crippen LogP contribution is -2.29. The van der Waals surface area contributed by atoms with Gasteiger partial charge in [-0.2, -0.15) is 0 Å². The summed E-state index contributed by atoms with van der Waals surface area (Å²) in [6.45, 7) is 1.93. The van der Waals surface area contributed by atoms with E-state index >= 15 is 0 Å². The number of benzene rings is 1. The van der Waals surface area contributed by atoms with Crippen LogP contribution in [0.2, 0.25) is 0 Å². The van der Waals surface area contributed by atoms with E-state index in [9.17, 15) is 4.39 Å². The zero-order valence-corrected chi connectivity index (χ0v) is 10.8. The Balaban J connectivity index is 2.03. The van der Waals surface area contributed by atoms with Gasteiger partial charge in [0.15, 0.2) is 11.6 Å². The Kier molecular flexibility index (Phi) is 2.96. The van der Waals surface area contributed by atoms with Crippen molar-refractivity contribution < 1.29 is 13.9 Å². The Morgan fingerprint density at radius 1 is 1.41 bits per heavy atom. The highest BCUT2D eigenvalue weighted by Crippen LogP contribution is 2.43. The normalized spacial score (nSPS) is 22.8. The van der Waals surface area contributed by atoms with Crippen molar-refractivity contribution in [2.75, 3.05) is 19.9 Å². The van der Waals surface area contributed by atoms with Crippen molar-refractivity contribution in [1.29, 1.82) is 0 Å². The van der Waals surface area contributed by atoms with Gasteiger partial charge in [0, 0.05) is 22.5 Å². The maximum Gasteiger partial charge on any atom is 0.231 e. The van der Waals surface area contributed by atoms with E-state index in [-0.39, 0.29) is 24.3 Å². The van der Waals surface area contributed by atoms with Crippen molar-refractivity contribution in [2.45, 2.75) is 18.8 Å². The Morgan fingerprint density at radius 2 is 2.29 bits per heavy atom. The number of hydrogen-bond donors (Lipinski definition) is 1. The van der Waals surface area contributed by atoms with Gasteiger partial charge in [0.2, 0.25) is 12.5 Å². The number of nitrogens with one attached hydrogen (secondary N) is 1. The molecule has 92 valence electrons. The standard InChI is InChI=1S/C12H13BrFNO2/c13-8-4-9-12(17-6-16-9)11(14)10(8)7-2-1-3-15-5-7/h4,7,15H,1-3,5-6H2. The average molecular weight is 302 g/mol. The van der Waals surface area contributed by atoms with Crippen LogP contribution in [0.5, 0.6) is 11.5 Å². The molecule has 1 saturated heterocycles. The molecule has 2 heterocycles. The molecule has 1 aromatic rings. The first-order valence-corrected chi connectivity index (χ1v) is 6.55. The first kappa shape index (κ1) is 11.3. The molecular formula is C12H13BrFNO2. The van der Waals surface area contributed by atoms with Gasteiger partial charge < -0.3 is 14.8 Å². The van der Waals surface area contributed by atoms with Crippen molar-refractivity contribution in [3.8, 4) is 11.5 Å². The first-order valence-electron chi connectivity index (χ1n) is 5.75. The van der Waals surface area contributed by atoms with Crippen LogP contribution in [0.1, 0.15) is 24.3 Å². The van der Waals surface area contributed by atoms with E-state index < -0.39 is 0 Å². The van der Waals surface area contributed by atoms with Gasteiger partial charge in [0.25, 0.3) is 0 Å². The van der Waals surface area contributed by atoms with Crippen molar-refractivity contribution in [3.63, 3.8) is 0 Å². The second-order valence-electron chi connectivity index (χ2n) is 4.36. The van der Waals surface area contributed by atoms with Crippen molar-refractivity contribution in [1.82, 2.24) is 5.32 Å². The molecule has 0 amide bonds. The minimum absolute atomic E-state index is 0.102. The lowest BCUT2D eigenvalue weighted by molar-refractivity contribution is 0.170. The van der Waals surface area contributed by atoms with Crippen LogP contribution < -0.4 is 14.8 Å². The third-order valence-corrected chi connectivity index (χ3v) is 3.95. The number of rotatable bonds is 1. The third-order valence-electron chi connectivity index (χ3n) is 3.30. The summed E-state index contributed by atoms with van der Waals surface area (Å²) in [5, 5.41) is 3.30. The van der Waals surface area contributed by atoms with Gasteiger partial charge in [-0.15, -0.1) is 0 Å². The number of halogens is 2. The van der Waals surface area contributed by atoms with Gasteiger partial charge in [-0.1, -0.05) is 15.9 Å². The molecule has 5 heteroatoms. The summed E-state index contributed by atoms with van der Waals surface area (Å²) < 4.78 is 25.5. The van der Waals surface area contributed by atoms with E-state index in [2.05, 4.69) is 21.2 Å². The minimum Gasteiger partial charge on any atom is -0.453 e. The molecule has 1 unspecified atom stereocenters. The molecule has 1 atom stereocenters. The molecule has 0 saturated carbocycles. The van der Waals surface area contributed by atoms with Crippen LogP contribution in [0.4, 0.5) is 4.39 Å². The van der Waals surface area contributed by atoms with Crippen molar-refractivity contribution in [3.05, 3.63) is 21.9 Å². The molecule has 3 nitrogen and oxygen atoms in total. The summed E-state index contributed by atoms with van der Waals surface area (Å²) in [5.74, 6) is 0.670. The molecule has 0 spiro atoms. The molecule has 1 aromatic carbocycles. The molecule has 17 heavy (non-hydrogen) atoms. The number of piperidine rings is 1. The van der Waals surface area contributed by atoms with Gasteiger partial charge in [-0.25, -0.2) is 4.39 Å². The molecule has 0 aromatic heterocycles. The van der Waals surface area contributed by atoms with E-state index in [4.69, 9.17) is 9.47 Å². The summed E-state index contributed by atoms with van der Waals surface area (Å²) in [5.41, 5.74) is 0.710. The van der Waals surface area contributed by atoms with Crippen molar-refractivity contribution in [2.24, 2.45) is 0 Å². The predicted octanol–water partition coefficient (Wildman–Crippen LogP) is 2.78. The maximum atomic E-state index is 14.4. The Bertz CT molecular complexity index is 447. The second-order valence-corrected chi connectivity index (χ2v) is 5.22. The lowest BCUT2D eigenvalue weighted by Gasteiger charge is -2.24. The smallest absolute Gasteiger partial charge is 0.231 e. The lowest BCUT2D eigenvalue weighted by atomic mass is 9.91. The van der Waals surface area contributed by atoms with Gasteiger partial charge in [-0.05, 0) is 25.5 Å². The fraction of sp³-hybridized carbons (Fsp3) is 0.500. The quantitative estimate of drug-likeness (QED) is 0.865. The zero-order valence-electron chi connectivity index (χ0n) is 9.26. The van der Waals surface area contributed by atoms with Crippen LogP contribution >= 0.6 is 15.9 Å². The Hall–Kier alpha value is -0.810. The fourth-order valence-electron chi connectivity index (χ4n) is 2.46. The maximum absolute atomic E-state index is 14.4. The molecule has 0 bridgehead atoms. The molecular weight excluding hydrogens is 289 g/mol. The average Bonchev–Trinajstić information content (AvgIpc) is 2.78. The molecule has 1 fully saturated rings. The predicted molar refractivity (Wildman–Crippen MR) is 65.1 cm³/mol. The van der Waals surface area contributed by atoms with Crippen LogP contribution in [-0.4, -0.2) is 19.9 Å². The van der Waals surface area contributed by atoms with Crippen LogP contribution in [0.15, 0.2) is 10.5 Å². The van der Waals surface area contributed by atoms with Crippen molar-refractivity contribution >= 4 is 15.9 Å². The van der Waals surface area contributed by atoms with E-state index in [1.807, 2.05) is 0 Å². The highest BCUT2D eigenvalue weighted by Gasteiger charge is 2.28. The van der Waals surface area contributed by atoms with E-state index in [0.29, 0.717) is 11.3 Å². The summed E-state index contributed by atoms with van der Waals surface area (Å²) in [6.07, 6.45) is 2.08. The van der Waals surface area contributed by atoms with Gasteiger partial charge in [-0.3, -0.25) is 0 Å². The van der Waals surface area contributed by atoms with E-state index in [1.54, 1.807) is 6.07 Å². The number of ether oxygens (including phenoxy) is 2. The topological polar surface area (TPSA) is 30.5 Å². The fourth-order valence-corrected chi connectivity index (χ4v) is 3.17. The first-order chi connectivity index (χ1) is 8.27. The Labute approximate surface area is 107 Å². The summed E-state index contributed by atoms with van der Waals surface area (Å²) in [6, 6.07) is 1.80. The largest absolute Gasteiger partial charge is 0.453 e. The summed E-state index contributed by atoms with van der Waals surface area (Å²) in [7, 11) is 0.